The van der Waals surface area contributed by atoms with Crippen LogP contribution in [0.4, 0.5) is 4.39 Å². The zero-order valence-electron chi connectivity index (χ0n) is 17.1. The molecule has 7 heteroatoms. The first-order valence-electron chi connectivity index (χ1n) is 8.99. The summed E-state index contributed by atoms with van der Waals surface area (Å²) in [5, 5.41) is 2.63. The molecule has 0 radical (unpaired) electrons. The van der Waals surface area contributed by atoms with Gasteiger partial charge in [0.25, 0.3) is 0 Å². The summed E-state index contributed by atoms with van der Waals surface area (Å²) in [5.41, 5.74) is -0.396. The molecule has 0 aliphatic rings. The molecule has 0 fully saturated rings. The van der Waals surface area contributed by atoms with Crippen LogP contribution in [-0.2, 0) is 19.0 Å². The summed E-state index contributed by atoms with van der Waals surface area (Å²) in [6, 6.07) is 4.64. The molecule has 0 aliphatic heterocycles. The quantitative estimate of drug-likeness (QED) is 0.319. The largest absolute Gasteiger partial charge is 0.485 e. The number of rotatable bonds is 13. The number of carbonyl (C=O) groups is 1. The van der Waals surface area contributed by atoms with E-state index in [0.29, 0.717) is 38.0 Å². The van der Waals surface area contributed by atoms with Crippen LogP contribution < -0.4 is 10.1 Å². The number of hydrogen-bond donors (Lipinski definition) is 1. The number of halogens is 1. The SMILES string of the molecule is COC(OC)c1ccc(OC(C)(C)CCOC(C)(C)CCNC=O)c(F)c1. The van der Waals surface area contributed by atoms with Crippen molar-refractivity contribution in [2.75, 3.05) is 27.4 Å². The van der Waals surface area contributed by atoms with Crippen LogP contribution in [0.3, 0.4) is 0 Å². The van der Waals surface area contributed by atoms with E-state index in [9.17, 15) is 9.18 Å². The minimum absolute atomic E-state index is 0.171. The number of benzene rings is 1. The molecule has 6 nitrogen and oxygen atoms in total. The first-order chi connectivity index (χ1) is 12.6. The summed E-state index contributed by atoms with van der Waals surface area (Å²) < 4.78 is 36.4. The lowest BCUT2D eigenvalue weighted by molar-refractivity contribution is -0.109. The molecule has 1 aromatic rings. The van der Waals surface area contributed by atoms with Gasteiger partial charge in [-0.15, -0.1) is 0 Å². The van der Waals surface area contributed by atoms with E-state index < -0.39 is 17.7 Å². The summed E-state index contributed by atoms with van der Waals surface area (Å²) in [4.78, 5) is 10.3. The van der Waals surface area contributed by atoms with Crippen molar-refractivity contribution < 1.29 is 28.1 Å². The Kier molecular flexibility index (Phi) is 9.15. The van der Waals surface area contributed by atoms with Crippen molar-refractivity contribution in [2.45, 2.75) is 58.0 Å². The molecule has 1 amide bonds. The molecule has 0 saturated carbocycles. The van der Waals surface area contributed by atoms with Gasteiger partial charge in [0, 0.05) is 32.7 Å². The van der Waals surface area contributed by atoms with Crippen LogP contribution in [0.5, 0.6) is 5.75 Å². The maximum Gasteiger partial charge on any atom is 0.207 e. The van der Waals surface area contributed by atoms with Gasteiger partial charge in [-0.1, -0.05) is 6.07 Å². The molecule has 1 rings (SSSR count). The standard InChI is InChI=1S/C20H32FNO5/c1-19(2,9-11-22-14-23)26-12-10-20(3,4)27-17-8-7-15(13-16(17)21)18(24-5)25-6/h7-8,13-14,18H,9-12H2,1-6H3,(H,22,23). The lowest BCUT2D eigenvalue weighted by Crippen LogP contribution is -2.34. The van der Waals surface area contributed by atoms with Crippen LogP contribution in [0.1, 0.15) is 52.4 Å². The maximum atomic E-state index is 14.4. The van der Waals surface area contributed by atoms with Gasteiger partial charge >= 0.3 is 0 Å². The van der Waals surface area contributed by atoms with Gasteiger partial charge in [0.05, 0.1) is 12.2 Å². The Labute approximate surface area is 161 Å². The van der Waals surface area contributed by atoms with E-state index in [1.165, 1.54) is 20.3 Å². The Morgan fingerprint density at radius 1 is 1.11 bits per heavy atom. The second-order valence-corrected chi connectivity index (χ2v) is 7.54. The van der Waals surface area contributed by atoms with Crippen molar-refractivity contribution in [1.29, 1.82) is 0 Å². The van der Waals surface area contributed by atoms with Crippen molar-refractivity contribution in [3.05, 3.63) is 29.6 Å². The topological polar surface area (TPSA) is 66.0 Å². The van der Waals surface area contributed by atoms with Gasteiger partial charge in [0.1, 0.15) is 5.60 Å². The average Bonchev–Trinajstić information content (AvgIpc) is 2.58. The van der Waals surface area contributed by atoms with Gasteiger partial charge in [-0.3, -0.25) is 4.79 Å². The van der Waals surface area contributed by atoms with Gasteiger partial charge in [0.15, 0.2) is 17.9 Å². The van der Waals surface area contributed by atoms with Crippen molar-refractivity contribution in [3.8, 4) is 5.75 Å². The molecule has 0 bridgehead atoms. The van der Waals surface area contributed by atoms with Crippen LogP contribution >= 0.6 is 0 Å². The summed E-state index contributed by atoms with van der Waals surface area (Å²) in [7, 11) is 2.99. The van der Waals surface area contributed by atoms with E-state index >= 15 is 0 Å². The summed E-state index contributed by atoms with van der Waals surface area (Å²) in [6.07, 6.45) is 1.33. The molecule has 0 heterocycles. The molecular formula is C20H32FNO5. The van der Waals surface area contributed by atoms with Crippen LogP contribution in [0.15, 0.2) is 18.2 Å². The van der Waals surface area contributed by atoms with E-state index in [1.807, 2.05) is 27.7 Å². The van der Waals surface area contributed by atoms with Gasteiger partial charge in [-0.05, 0) is 46.2 Å². The first kappa shape index (κ1) is 23.3. The Bertz CT molecular complexity index is 588. The van der Waals surface area contributed by atoms with E-state index in [-0.39, 0.29) is 11.4 Å². The van der Waals surface area contributed by atoms with Gasteiger partial charge in [0.2, 0.25) is 6.41 Å². The van der Waals surface area contributed by atoms with Crippen molar-refractivity contribution in [1.82, 2.24) is 5.32 Å². The summed E-state index contributed by atoms with van der Waals surface area (Å²) >= 11 is 0. The highest BCUT2D eigenvalue weighted by Gasteiger charge is 2.25. The Balaban J connectivity index is 2.60. The van der Waals surface area contributed by atoms with Gasteiger partial charge < -0.3 is 24.3 Å². The highest BCUT2D eigenvalue weighted by molar-refractivity contribution is 5.45. The second-order valence-electron chi connectivity index (χ2n) is 7.54. The molecule has 0 unspecified atom stereocenters. The van der Waals surface area contributed by atoms with E-state index in [4.69, 9.17) is 18.9 Å². The van der Waals surface area contributed by atoms with Crippen LogP contribution in [0, 0.1) is 5.82 Å². The number of methoxy groups -OCH3 is 2. The van der Waals surface area contributed by atoms with Gasteiger partial charge in [-0.2, -0.15) is 0 Å². The Morgan fingerprint density at radius 3 is 2.33 bits per heavy atom. The molecule has 0 saturated heterocycles. The fourth-order valence-corrected chi connectivity index (χ4v) is 2.54. The van der Waals surface area contributed by atoms with Gasteiger partial charge in [-0.25, -0.2) is 4.39 Å². The fourth-order valence-electron chi connectivity index (χ4n) is 2.54. The predicted molar refractivity (Wildman–Crippen MR) is 101 cm³/mol. The van der Waals surface area contributed by atoms with Crippen molar-refractivity contribution in [3.63, 3.8) is 0 Å². The highest BCUT2D eigenvalue weighted by Crippen LogP contribution is 2.28. The number of hydrogen-bond acceptors (Lipinski definition) is 5. The van der Waals surface area contributed by atoms with Crippen molar-refractivity contribution >= 4 is 6.41 Å². The zero-order chi connectivity index (χ0) is 20.5. The highest BCUT2D eigenvalue weighted by atomic mass is 19.1. The number of nitrogens with one attached hydrogen (secondary N) is 1. The Hall–Kier alpha value is -1.70. The third kappa shape index (κ3) is 8.24. The minimum atomic E-state index is -0.620. The molecule has 0 aliphatic carbocycles. The maximum absolute atomic E-state index is 14.4. The number of carbonyl (C=O) groups excluding carboxylic acids is 1. The lowest BCUT2D eigenvalue weighted by Gasteiger charge is -2.30. The van der Waals surface area contributed by atoms with E-state index in [0.717, 1.165) is 0 Å². The first-order valence-corrected chi connectivity index (χ1v) is 8.99. The molecule has 0 spiro atoms. The molecule has 1 aromatic carbocycles. The molecular weight excluding hydrogens is 353 g/mol. The van der Waals surface area contributed by atoms with E-state index in [1.54, 1.807) is 12.1 Å². The minimum Gasteiger partial charge on any atom is -0.485 e. The smallest absolute Gasteiger partial charge is 0.207 e. The predicted octanol–water partition coefficient (Wildman–Crippen LogP) is 3.60. The zero-order valence-corrected chi connectivity index (χ0v) is 17.1. The molecule has 0 aromatic heterocycles. The third-order valence-corrected chi connectivity index (χ3v) is 4.19. The average molecular weight is 385 g/mol. The third-order valence-electron chi connectivity index (χ3n) is 4.19. The van der Waals surface area contributed by atoms with Crippen LogP contribution in [0.25, 0.3) is 0 Å². The molecule has 27 heavy (non-hydrogen) atoms. The number of amides is 1. The lowest BCUT2D eigenvalue weighted by atomic mass is 10.0. The Morgan fingerprint density at radius 2 is 1.78 bits per heavy atom. The normalized spacial score (nSPS) is 12.3. The summed E-state index contributed by atoms with van der Waals surface area (Å²) in [5.74, 6) is -0.301. The molecule has 154 valence electrons. The summed E-state index contributed by atoms with van der Waals surface area (Å²) in [6.45, 7) is 8.71. The fraction of sp³-hybridized carbons (Fsp3) is 0.650. The van der Waals surface area contributed by atoms with Crippen LogP contribution in [-0.4, -0.2) is 45.0 Å². The van der Waals surface area contributed by atoms with E-state index in [2.05, 4.69) is 5.32 Å². The second kappa shape index (κ2) is 10.6. The number of ether oxygens (including phenoxy) is 4. The van der Waals surface area contributed by atoms with Crippen LogP contribution in [0.2, 0.25) is 0 Å². The molecule has 0 atom stereocenters. The molecule has 1 N–H and O–H groups in total. The van der Waals surface area contributed by atoms with Crippen molar-refractivity contribution in [2.24, 2.45) is 0 Å². The monoisotopic (exact) mass is 385 g/mol.